The average Bonchev–Trinajstić information content (AvgIpc) is 2.31. The third kappa shape index (κ3) is 2.58. The van der Waals surface area contributed by atoms with Crippen LogP contribution in [0.15, 0.2) is 54.6 Å². The molecule has 2 rings (SSSR count). The molecule has 2 aromatic carbocycles. The summed E-state index contributed by atoms with van der Waals surface area (Å²) in [6, 6.07) is 18.7. The van der Waals surface area contributed by atoms with Gasteiger partial charge in [0.2, 0.25) is 0 Å². The fourth-order valence-corrected chi connectivity index (χ4v) is 1.72. The molecule has 0 aromatic heterocycles. The topological polar surface area (TPSA) is 12.0 Å². The molecule has 0 fully saturated rings. The Hall–Kier alpha value is -1.31. The molecule has 0 aliphatic heterocycles. The Morgan fingerprint density at radius 1 is 0.867 bits per heavy atom. The van der Waals surface area contributed by atoms with E-state index >= 15 is 0 Å². The second-order valence-electron chi connectivity index (χ2n) is 3.38. The maximum atomic E-state index is 5.48. The first-order valence-electron chi connectivity index (χ1n) is 4.88. The van der Waals surface area contributed by atoms with Crippen LogP contribution in [0, 0.1) is 0 Å². The van der Waals surface area contributed by atoms with Crippen molar-refractivity contribution >= 4 is 11.8 Å². The first kappa shape index (κ1) is 10.2. The van der Waals surface area contributed by atoms with Gasteiger partial charge in [-0.1, -0.05) is 48.5 Å². The molecule has 0 amide bonds. The lowest BCUT2D eigenvalue weighted by Gasteiger charge is -2.04. The van der Waals surface area contributed by atoms with Crippen molar-refractivity contribution in [3.05, 3.63) is 60.2 Å². The van der Waals surface area contributed by atoms with E-state index in [0.717, 1.165) is 0 Å². The predicted molar refractivity (Wildman–Crippen MR) is 64.6 cm³/mol. The third-order valence-corrected chi connectivity index (χ3v) is 2.44. The molecule has 0 radical (unpaired) electrons. The molecule has 76 valence electrons. The predicted octanol–water partition coefficient (Wildman–Crippen LogP) is 3.60. The van der Waals surface area contributed by atoms with Crippen LogP contribution in [0.5, 0.6) is 0 Å². The summed E-state index contributed by atoms with van der Waals surface area (Å²) in [4.78, 5) is 2.63. The highest BCUT2D eigenvalue weighted by Gasteiger charge is 1.97. The minimum atomic E-state index is 0.683. The summed E-state index contributed by atoms with van der Waals surface area (Å²) in [6.07, 6.45) is 0. The van der Waals surface area contributed by atoms with Crippen LogP contribution in [0.1, 0.15) is 5.56 Å². The zero-order valence-corrected chi connectivity index (χ0v) is 9.04. The van der Waals surface area contributed by atoms with Crippen molar-refractivity contribution < 1.29 is 0 Å². The largest absolute Gasteiger partial charge is 0.229 e. The van der Waals surface area contributed by atoms with E-state index in [9.17, 15) is 0 Å². The number of rotatable bonds is 3. The standard InChI is InChI=1S/C13H12ClN/c14-15-10-11-5-4-8-13(9-11)12-6-2-1-3-7-12/h1-9,15H,10H2. The van der Waals surface area contributed by atoms with Crippen LogP contribution < -0.4 is 4.84 Å². The van der Waals surface area contributed by atoms with Crippen LogP contribution in [0.25, 0.3) is 11.1 Å². The van der Waals surface area contributed by atoms with Gasteiger partial charge in [-0.05, 0) is 34.5 Å². The van der Waals surface area contributed by atoms with Crippen LogP contribution in [-0.4, -0.2) is 0 Å². The highest BCUT2D eigenvalue weighted by atomic mass is 35.5. The highest BCUT2D eigenvalue weighted by molar-refractivity contribution is 6.13. The molecule has 0 aliphatic rings. The van der Waals surface area contributed by atoms with Crippen molar-refractivity contribution in [3.63, 3.8) is 0 Å². The van der Waals surface area contributed by atoms with Crippen molar-refractivity contribution in [2.24, 2.45) is 0 Å². The van der Waals surface area contributed by atoms with Crippen molar-refractivity contribution in [2.75, 3.05) is 0 Å². The van der Waals surface area contributed by atoms with Crippen LogP contribution in [0.2, 0.25) is 0 Å². The summed E-state index contributed by atoms with van der Waals surface area (Å²) >= 11 is 5.48. The van der Waals surface area contributed by atoms with Crippen LogP contribution >= 0.6 is 11.8 Å². The molecule has 0 saturated heterocycles. The van der Waals surface area contributed by atoms with E-state index < -0.39 is 0 Å². The Morgan fingerprint density at radius 2 is 1.60 bits per heavy atom. The van der Waals surface area contributed by atoms with Gasteiger partial charge >= 0.3 is 0 Å². The van der Waals surface area contributed by atoms with Gasteiger partial charge in [0.15, 0.2) is 0 Å². The molecule has 0 spiro atoms. The highest BCUT2D eigenvalue weighted by Crippen LogP contribution is 2.19. The molecular weight excluding hydrogens is 206 g/mol. The SMILES string of the molecule is ClNCc1cccc(-c2ccccc2)c1. The van der Waals surface area contributed by atoms with Crippen molar-refractivity contribution in [2.45, 2.75) is 6.54 Å². The van der Waals surface area contributed by atoms with E-state index in [-0.39, 0.29) is 0 Å². The summed E-state index contributed by atoms with van der Waals surface area (Å²) < 4.78 is 0. The molecular formula is C13H12ClN. The van der Waals surface area contributed by atoms with Gasteiger partial charge in [0.25, 0.3) is 0 Å². The van der Waals surface area contributed by atoms with Crippen molar-refractivity contribution in [1.29, 1.82) is 0 Å². The second kappa shape index (κ2) is 4.96. The normalized spacial score (nSPS) is 10.2. The van der Waals surface area contributed by atoms with Gasteiger partial charge in [-0.15, -0.1) is 0 Å². The number of hydrogen-bond acceptors (Lipinski definition) is 1. The lowest BCUT2D eigenvalue weighted by molar-refractivity contribution is 0.964. The molecule has 0 saturated carbocycles. The Labute approximate surface area is 94.8 Å². The molecule has 0 atom stereocenters. The Morgan fingerprint density at radius 3 is 2.33 bits per heavy atom. The van der Waals surface area contributed by atoms with Gasteiger partial charge in [0.1, 0.15) is 0 Å². The molecule has 0 unspecified atom stereocenters. The lowest BCUT2D eigenvalue weighted by atomic mass is 10.0. The Bertz CT molecular complexity index is 426. The van der Waals surface area contributed by atoms with Crippen LogP contribution in [0.3, 0.4) is 0 Å². The lowest BCUT2D eigenvalue weighted by Crippen LogP contribution is -1.97. The average molecular weight is 218 g/mol. The number of benzene rings is 2. The minimum Gasteiger partial charge on any atom is -0.229 e. The Kier molecular flexibility index (Phi) is 3.38. The van der Waals surface area contributed by atoms with E-state index in [2.05, 4.69) is 35.2 Å². The zero-order valence-electron chi connectivity index (χ0n) is 8.28. The quantitative estimate of drug-likeness (QED) is 0.775. The summed E-state index contributed by atoms with van der Waals surface area (Å²) in [5.74, 6) is 0. The van der Waals surface area contributed by atoms with E-state index in [0.29, 0.717) is 6.54 Å². The summed E-state index contributed by atoms with van der Waals surface area (Å²) in [5, 5.41) is 0. The fraction of sp³-hybridized carbons (Fsp3) is 0.0769. The monoisotopic (exact) mass is 217 g/mol. The molecule has 1 nitrogen and oxygen atoms in total. The molecule has 1 N–H and O–H groups in total. The van der Waals surface area contributed by atoms with Gasteiger partial charge < -0.3 is 0 Å². The molecule has 15 heavy (non-hydrogen) atoms. The summed E-state index contributed by atoms with van der Waals surface area (Å²) in [7, 11) is 0. The van der Waals surface area contributed by atoms with Crippen molar-refractivity contribution in [3.8, 4) is 11.1 Å². The van der Waals surface area contributed by atoms with Gasteiger partial charge in [-0.2, -0.15) is 0 Å². The molecule has 0 bridgehead atoms. The molecule has 2 aromatic rings. The smallest absolute Gasteiger partial charge is 0.0359 e. The van der Waals surface area contributed by atoms with Crippen LogP contribution in [0.4, 0.5) is 0 Å². The van der Waals surface area contributed by atoms with E-state index in [1.165, 1.54) is 16.7 Å². The maximum Gasteiger partial charge on any atom is 0.0359 e. The minimum absolute atomic E-state index is 0.683. The zero-order chi connectivity index (χ0) is 10.5. The van der Waals surface area contributed by atoms with E-state index in [1.807, 2.05) is 24.3 Å². The number of halogens is 1. The first-order chi connectivity index (χ1) is 7.40. The Balaban J connectivity index is 2.33. The van der Waals surface area contributed by atoms with Gasteiger partial charge in [0, 0.05) is 6.54 Å². The molecule has 0 heterocycles. The van der Waals surface area contributed by atoms with Gasteiger partial charge in [-0.3, -0.25) is 0 Å². The first-order valence-corrected chi connectivity index (χ1v) is 5.26. The maximum absolute atomic E-state index is 5.48. The fourth-order valence-electron chi connectivity index (χ4n) is 1.57. The summed E-state index contributed by atoms with van der Waals surface area (Å²) in [5.41, 5.74) is 3.64. The van der Waals surface area contributed by atoms with Crippen molar-refractivity contribution in [1.82, 2.24) is 4.84 Å². The number of nitrogens with one attached hydrogen (secondary N) is 1. The molecule has 2 heteroatoms. The molecule has 0 aliphatic carbocycles. The third-order valence-electron chi connectivity index (χ3n) is 2.31. The van der Waals surface area contributed by atoms with Gasteiger partial charge in [-0.25, -0.2) is 4.84 Å². The van der Waals surface area contributed by atoms with E-state index in [4.69, 9.17) is 11.8 Å². The number of hydrogen-bond donors (Lipinski definition) is 1. The second-order valence-corrected chi connectivity index (χ2v) is 3.64. The summed E-state index contributed by atoms with van der Waals surface area (Å²) in [6.45, 7) is 0.683. The van der Waals surface area contributed by atoms with E-state index in [1.54, 1.807) is 0 Å². The van der Waals surface area contributed by atoms with Crippen LogP contribution in [-0.2, 0) is 6.54 Å². The van der Waals surface area contributed by atoms with Gasteiger partial charge in [0.05, 0.1) is 0 Å².